The number of rotatable bonds is 5. The lowest BCUT2D eigenvalue weighted by atomic mass is 10.1. The summed E-state index contributed by atoms with van der Waals surface area (Å²) in [4.78, 5) is 22.6. The molecule has 0 spiro atoms. The van der Waals surface area contributed by atoms with Crippen molar-refractivity contribution in [3.63, 3.8) is 0 Å². The van der Waals surface area contributed by atoms with Crippen LogP contribution >= 0.6 is 0 Å². The second-order valence-electron chi connectivity index (χ2n) is 6.58. The van der Waals surface area contributed by atoms with Gasteiger partial charge in [0, 0.05) is 37.7 Å². The van der Waals surface area contributed by atoms with Gasteiger partial charge in [-0.05, 0) is 37.8 Å². The second-order valence-corrected chi connectivity index (χ2v) is 6.58. The van der Waals surface area contributed by atoms with Crippen molar-refractivity contribution in [1.29, 1.82) is 0 Å². The minimum absolute atomic E-state index is 0.0971. The van der Waals surface area contributed by atoms with Gasteiger partial charge in [0.2, 0.25) is 5.82 Å². The molecule has 1 amide bonds. The molecule has 2 fully saturated rings. The Morgan fingerprint density at radius 2 is 2.04 bits per heavy atom. The summed E-state index contributed by atoms with van der Waals surface area (Å²) in [6.07, 6.45) is 6.67. The first kappa shape index (κ1) is 17.1. The van der Waals surface area contributed by atoms with Gasteiger partial charge in [0.1, 0.15) is 12.7 Å². The van der Waals surface area contributed by atoms with Crippen LogP contribution in [0.25, 0.3) is 11.4 Å². The van der Waals surface area contributed by atoms with Gasteiger partial charge in [0.25, 0.3) is 11.8 Å². The van der Waals surface area contributed by atoms with Crippen LogP contribution in [0.15, 0.2) is 29.0 Å². The van der Waals surface area contributed by atoms with Gasteiger partial charge >= 0.3 is 0 Å². The summed E-state index contributed by atoms with van der Waals surface area (Å²) in [6.45, 7) is 2.38. The largest absolute Gasteiger partial charge is 0.368 e. The van der Waals surface area contributed by atoms with Crippen molar-refractivity contribution >= 4 is 5.91 Å². The van der Waals surface area contributed by atoms with E-state index in [9.17, 15) is 4.79 Å². The smallest absolute Gasteiger partial charge is 0.252 e. The van der Waals surface area contributed by atoms with E-state index in [0.717, 1.165) is 31.2 Å². The van der Waals surface area contributed by atoms with E-state index in [0.29, 0.717) is 31.4 Å². The van der Waals surface area contributed by atoms with Crippen LogP contribution in [0.4, 0.5) is 0 Å². The van der Waals surface area contributed by atoms with E-state index in [1.807, 2.05) is 17.0 Å². The van der Waals surface area contributed by atoms with E-state index in [1.54, 1.807) is 12.4 Å². The topological polar surface area (TPSA) is 90.6 Å². The number of nitrogens with zero attached hydrogens (tertiary/aromatic N) is 4. The van der Waals surface area contributed by atoms with Crippen molar-refractivity contribution in [2.24, 2.45) is 0 Å². The lowest BCUT2D eigenvalue weighted by Crippen LogP contribution is -2.45. The molecule has 138 valence electrons. The number of carbonyl (C=O) groups is 1. The Labute approximate surface area is 151 Å². The maximum absolute atomic E-state index is 12.3. The lowest BCUT2D eigenvalue weighted by Gasteiger charge is -2.33. The predicted molar refractivity (Wildman–Crippen MR) is 90.9 cm³/mol. The summed E-state index contributed by atoms with van der Waals surface area (Å²) in [6, 6.07) is 3.66. The normalized spacial score (nSPS) is 21.2. The molecule has 1 atom stereocenters. The van der Waals surface area contributed by atoms with E-state index in [1.165, 1.54) is 0 Å². The number of aromatic nitrogens is 3. The average molecular weight is 358 g/mol. The molecule has 0 aliphatic carbocycles. The van der Waals surface area contributed by atoms with Crippen LogP contribution < -0.4 is 0 Å². The molecular formula is C18H22N4O4. The van der Waals surface area contributed by atoms with Crippen LogP contribution in [-0.2, 0) is 20.9 Å². The van der Waals surface area contributed by atoms with Gasteiger partial charge in [0.05, 0.1) is 6.10 Å². The Hall–Kier alpha value is -2.32. The number of likely N-dealkylation sites (tertiary alicyclic amines) is 1. The molecule has 2 aromatic rings. The van der Waals surface area contributed by atoms with Gasteiger partial charge in [-0.1, -0.05) is 5.16 Å². The van der Waals surface area contributed by atoms with Gasteiger partial charge in [-0.25, -0.2) is 0 Å². The molecule has 2 aromatic heterocycles. The number of carbonyl (C=O) groups excluding carboxylic acids is 1. The Morgan fingerprint density at radius 3 is 2.77 bits per heavy atom. The fourth-order valence-corrected chi connectivity index (χ4v) is 3.34. The number of hydrogen-bond donors (Lipinski definition) is 0. The van der Waals surface area contributed by atoms with Crippen LogP contribution in [0, 0.1) is 0 Å². The molecule has 8 heteroatoms. The summed E-state index contributed by atoms with van der Waals surface area (Å²) < 4.78 is 16.6. The molecule has 0 aromatic carbocycles. The summed E-state index contributed by atoms with van der Waals surface area (Å²) in [5.74, 6) is 1.11. The number of hydrogen-bond acceptors (Lipinski definition) is 7. The number of piperidine rings is 1. The molecule has 8 nitrogen and oxygen atoms in total. The molecular weight excluding hydrogens is 336 g/mol. The molecule has 0 N–H and O–H groups in total. The monoisotopic (exact) mass is 358 g/mol. The van der Waals surface area contributed by atoms with Gasteiger partial charge in [-0.15, -0.1) is 0 Å². The Balaban J connectivity index is 1.24. The minimum Gasteiger partial charge on any atom is -0.368 e. The lowest BCUT2D eigenvalue weighted by molar-refractivity contribution is -0.143. The highest BCUT2D eigenvalue weighted by atomic mass is 16.5. The highest BCUT2D eigenvalue weighted by Gasteiger charge is 2.31. The Morgan fingerprint density at radius 1 is 1.23 bits per heavy atom. The van der Waals surface area contributed by atoms with E-state index in [2.05, 4.69) is 15.1 Å². The van der Waals surface area contributed by atoms with Gasteiger partial charge < -0.3 is 18.9 Å². The quantitative estimate of drug-likeness (QED) is 0.805. The number of amides is 1. The SMILES string of the molecule is O=C(C1CCCO1)N1CCC(OCc2nc(-c3ccncc3)no2)CC1. The van der Waals surface area contributed by atoms with Gasteiger partial charge in [-0.2, -0.15) is 4.98 Å². The summed E-state index contributed by atoms with van der Waals surface area (Å²) in [5, 5.41) is 3.97. The molecule has 0 bridgehead atoms. The highest BCUT2D eigenvalue weighted by Crippen LogP contribution is 2.21. The van der Waals surface area contributed by atoms with E-state index in [4.69, 9.17) is 14.0 Å². The minimum atomic E-state index is -0.238. The Bertz CT molecular complexity index is 722. The van der Waals surface area contributed by atoms with Crippen LogP contribution in [0.3, 0.4) is 0 Å². The molecule has 1 unspecified atom stereocenters. The summed E-state index contributed by atoms with van der Waals surface area (Å²) in [7, 11) is 0. The number of ether oxygens (including phenoxy) is 2. The molecule has 4 rings (SSSR count). The Kier molecular flexibility index (Phi) is 5.21. The fraction of sp³-hybridized carbons (Fsp3) is 0.556. The van der Waals surface area contributed by atoms with Crippen molar-refractivity contribution in [2.45, 2.75) is 44.5 Å². The third kappa shape index (κ3) is 3.91. The molecule has 2 aliphatic heterocycles. The standard InChI is InChI=1S/C18H22N4O4/c23-18(15-2-1-11-24-15)22-9-5-14(6-10-22)25-12-16-20-17(21-26-16)13-3-7-19-8-4-13/h3-4,7-8,14-15H,1-2,5-6,9-12H2. The van der Waals surface area contributed by atoms with Crippen LogP contribution in [-0.4, -0.2) is 57.8 Å². The highest BCUT2D eigenvalue weighted by molar-refractivity contribution is 5.81. The third-order valence-corrected chi connectivity index (χ3v) is 4.81. The third-order valence-electron chi connectivity index (χ3n) is 4.81. The number of pyridine rings is 1. The zero-order valence-electron chi connectivity index (χ0n) is 14.5. The summed E-state index contributed by atoms with van der Waals surface area (Å²) in [5.41, 5.74) is 0.857. The van der Waals surface area contributed by atoms with E-state index < -0.39 is 0 Å². The maximum Gasteiger partial charge on any atom is 0.252 e. The van der Waals surface area contributed by atoms with Gasteiger partial charge in [-0.3, -0.25) is 9.78 Å². The maximum atomic E-state index is 12.3. The zero-order chi connectivity index (χ0) is 17.8. The van der Waals surface area contributed by atoms with Crippen molar-refractivity contribution in [3.8, 4) is 11.4 Å². The molecule has 0 saturated carbocycles. The first-order valence-corrected chi connectivity index (χ1v) is 9.04. The first-order chi connectivity index (χ1) is 12.8. The zero-order valence-corrected chi connectivity index (χ0v) is 14.5. The first-order valence-electron chi connectivity index (χ1n) is 9.04. The second kappa shape index (κ2) is 7.92. The van der Waals surface area contributed by atoms with Gasteiger partial charge in [0.15, 0.2) is 0 Å². The van der Waals surface area contributed by atoms with Crippen molar-refractivity contribution in [1.82, 2.24) is 20.0 Å². The fourth-order valence-electron chi connectivity index (χ4n) is 3.34. The van der Waals surface area contributed by atoms with Crippen LogP contribution in [0.5, 0.6) is 0 Å². The molecule has 2 saturated heterocycles. The predicted octanol–water partition coefficient (Wildman–Crippen LogP) is 1.82. The molecule has 4 heterocycles. The van der Waals surface area contributed by atoms with Crippen molar-refractivity contribution in [3.05, 3.63) is 30.4 Å². The molecule has 2 aliphatic rings. The average Bonchev–Trinajstić information content (AvgIpc) is 3.39. The van der Waals surface area contributed by atoms with Crippen molar-refractivity contribution < 1.29 is 18.8 Å². The molecule has 26 heavy (non-hydrogen) atoms. The van der Waals surface area contributed by atoms with Crippen molar-refractivity contribution in [2.75, 3.05) is 19.7 Å². The van der Waals surface area contributed by atoms with E-state index in [-0.39, 0.29) is 24.7 Å². The molecule has 0 radical (unpaired) electrons. The van der Waals surface area contributed by atoms with Crippen LogP contribution in [0.2, 0.25) is 0 Å². The van der Waals surface area contributed by atoms with E-state index >= 15 is 0 Å². The summed E-state index contributed by atoms with van der Waals surface area (Å²) >= 11 is 0. The van der Waals surface area contributed by atoms with Crippen LogP contribution in [0.1, 0.15) is 31.6 Å².